The molecule has 0 aliphatic rings. The van der Waals surface area contributed by atoms with Crippen LogP contribution in [0.1, 0.15) is 32.6 Å². The van der Waals surface area contributed by atoms with E-state index < -0.39 is 0 Å². The predicted molar refractivity (Wildman–Crippen MR) is 86.5 cm³/mol. The summed E-state index contributed by atoms with van der Waals surface area (Å²) in [6.45, 7) is 2.81. The SMILES string of the molecule is CCCCn1c(SCCCC#N)nc2ccccc2c1=O. The number of nitrogens with zero attached hydrogens (tertiary/aromatic N) is 3. The van der Waals surface area contributed by atoms with Crippen molar-refractivity contribution in [2.75, 3.05) is 5.75 Å². The van der Waals surface area contributed by atoms with E-state index in [1.54, 1.807) is 16.3 Å². The lowest BCUT2D eigenvalue weighted by atomic mass is 10.2. The lowest BCUT2D eigenvalue weighted by molar-refractivity contribution is 0.557. The summed E-state index contributed by atoms with van der Waals surface area (Å²) >= 11 is 1.57. The van der Waals surface area contributed by atoms with E-state index in [2.05, 4.69) is 18.0 Å². The fourth-order valence-electron chi connectivity index (χ4n) is 2.09. The third-order valence-electron chi connectivity index (χ3n) is 3.23. The minimum absolute atomic E-state index is 0.0387. The number of fused-ring (bicyclic) bond motifs is 1. The van der Waals surface area contributed by atoms with E-state index in [-0.39, 0.29) is 5.56 Å². The predicted octanol–water partition coefficient (Wildman–Crippen LogP) is 3.59. The Morgan fingerprint density at radius 3 is 2.90 bits per heavy atom. The molecule has 1 aromatic heterocycles. The first-order valence-corrected chi connectivity index (χ1v) is 8.25. The fourth-order valence-corrected chi connectivity index (χ4v) is 3.05. The molecule has 4 nitrogen and oxygen atoms in total. The molecular weight excluding hydrogens is 282 g/mol. The average Bonchev–Trinajstić information content (AvgIpc) is 2.51. The second-order valence-corrected chi connectivity index (χ2v) is 5.89. The Labute approximate surface area is 128 Å². The molecule has 0 fully saturated rings. The van der Waals surface area contributed by atoms with Crippen LogP contribution < -0.4 is 5.56 Å². The Balaban J connectivity index is 2.35. The van der Waals surface area contributed by atoms with Crippen molar-refractivity contribution in [2.45, 2.75) is 44.3 Å². The van der Waals surface area contributed by atoms with E-state index in [9.17, 15) is 4.79 Å². The van der Waals surface area contributed by atoms with Gasteiger partial charge in [-0.15, -0.1) is 0 Å². The monoisotopic (exact) mass is 301 g/mol. The summed E-state index contributed by atoms with van der Waals surface area (Å²) in [6.07, 6.45) is 3.36. The van der Waals surface area contributed by atoms with Gasteiger partial charge in [-0.2, -0.15) is 5.26 Å². The molecule has 110 valence electrons. The van der Waals surface area contributed by atoms with Gasteiger partial charge < -0.3 is 0 Å². The number of aromatic nitrogens is 2. The lowest BCUT2D eigenvalue weighted by Crippen LogP contribution is -2.23. The molecule has 0 saturated heterocycles. The summed E-state index contributed by atoms with van der Waals surface area (Å²) in [7, 11) is 0. The van der Waals surface area contributed by atoms with Crippen LogP contribution in [0.5, 0.6) is 0 Å². The topological polar surface area (TPSA) is 58.7 Å². The molecule has 2 aromatic rings. The summed E-state index contributed by atoms with van der Waals surface area (Å²) in [5, 5.41) is 10.0. The standard InChI is InChI=1S/C16H19N3OS/c1-2-3-11-19-15(20)13-8-4-5-9-14(13)18-16(19)21-12-7-6-10-17/h4-5,8-9H,2-3,6-7,11-12H2,1H3. The molecular formula is C16H19N3OS. The summed E-state index contributed by atoms with van der Waals surface area (Å²) < 4.78 is 1.78. The smallest absolute Gasteiger partial charge is 0.262 e. The van der Waals surface area contributed by atoms with Gasteiger partial charge >= 0.3 is 0 Å². The first kappa shape index (κ1) is 15.6. The Hall–Kier alpha value is -1.80. The van der Waals surface area contributed by atoms with Crippen LogP contribution in [0.25, 0.3) is 10.9 Å². The van der Waals surface area contributed by atoms with Gasteiger partial charge in [-0.05, 0) is 25.0 Å². The molecule has 0 aliphatic carbocycles. The molecule has 0 atom stereocenters. The largest absolute Gasteiger partial charge is 0.287 e. The molecule has 1 aromatic carbocycles. The number of thioether (sulfide) groups is 1. The Morgan fingerprint density at radius 2 is 2.14 bits per heavy atom. The number of para-hydroxylation sites is 1. The Bertz CT molecular complexity index is 703. The highest BCUT2D eigenvalue weighted by Crippen LogP contribution is 2.19. The van der Waals surface area contributed by atoms with E-state index in [1.807, 2.05) is 24.3 Å². The number of unbranched alkanes of at least 4 members (excludes halogenated alkanes) is 2. The summed E-state index contributed by atoms with van der Waals surface area (Å²) in [6, 6.07) is 9.62. The van der Waals surface area contributed by atoms with Gasteiger partial charge in [0.25, 0.3) is 5.56 Å². The number of benzene rings is 1. The van der Waals surface area contributed by atoms with Gasteiger partial charge in [0, 0.05) is 18.7 Å². The molecule has 0 amide bonds. The summed E-state index contributed by atoms with van der Waals surface area (Å²) in [5.74, 6) is 0.810. The Morgan fingerprint density at radius 1 is 1.33 bits per heavy atom. The molecule has 0 N–H and O–H groups in total. The minimum Gasteiger partial charge on any atom is -0.287 e. The van der Waals surface area contributed by atoms with Crippen molar-refractivity contribution in [3.63, 3.8) is 0 Å². The summed E-state index contributed by atoms with van der Waals surface area (Å²) in [5.41, 5.74) is 0.787. The highest BCUT2D eigenvalue weighted by atomic mass is 32.2. The second-order valence-electron chi connectivity index (χ2n) is 4.83. The molecule has 2 rings (SSSR count). The highest BCUT2D eigenvalue weighted by molar-refractivity contribution is 7.99. The molecule has 0 bridgehead atoms. The van der Waals surface area contributed by atoms with E-state index in [4.69, 9.17) is 5.26 Å². The number of hydrogen-bond donors (Lipinski definition) is 0. The summed E-state index contributed by atoms with van der Waals surface area (Å²) in [4.78, 5) is 17.2. The first-order chi connectivity index (χ1) is 10.3. The zero-order valence-corrected chi connectivity index (χ0v) is 13.0. The molecule has 1 heterocycles. The van der Waals surface area contributed by atoms with Gasteiger partial charge in [0.05, 0.1) is 17.0 Å². The van der Waals surface area contributed by atoms with Crippen molar-refractivity contribution in [3.05, 3.63) is 34.6 Å². The minimum atomic E-state index is 0.0387. The van der Waals surface area contributed by atoms with Gasteiger partial charge in [0.15, 0.2) is 5.16 Å². The van der Waals surface area contributed by atoms with Gasteiger partial charge in [-0.1, -0.05) is 37.2 Å². The fraction of sp³-hybridized carbons (Fsp3) is 0.438. The van der Waals surface area contributed by atoms with Crippen LogP contribution in [0.3, 0.4) is 0 Å². The normalized spacial score (nSPS) is 10.7. The number of rotatable bonds is 7. The van der Waals surface area contributed by atoms with Crippen LogP contribution in [0, 0.1) is 11.3 Å². The van der Waals surface area contributed by atoms with Crippen LogP contribution in [0.2, 0.25) is 0 Å². The van der Waals surface area contributed by atoms with Gasteiger partial charge in [-0.3, -0.25) is 9.36 Å². The van der Waals surface area contributed by atoms with Gasteiger partial charge in [-0.25, -0.2) is 4.98 Å². The number of nitriles is 1. The first-order valence-electron chi connectivity index (χ1n) is 7.27. The van der Waals surface area contributed by atoms with Crippen molar-refractivity contribution in [1.29, 1.82) is 5.26 Å². The van der Waals surface area contributed by atoms with Crippen LogP contribution in [0.4, 0.5) is 0 Å². The van der Waals surface area contributed by atoms with E-state index in [1.165, 1.54) is 0 Å². The lowest BCUT2D eigenvalue weighted by Gasteiger charge is -2.12. The van der Waals surface area contributed by atoms with Crippen LogP contribution in [-0.4, -0.2) is 15.3 Å². The average molecular weight is 301 g/mol. The van der Waals surface area contributed by atoms with Crippen LogP contribution in [0.15, 0.2) is 34.2 Å². The Kier molecular flexibility index (Phi) is 5.82. The molecule has 0 saturated carbocycles. The van der Waals surface area contributed by atoms with E-state index in [0.717, 1.165) is 35.7 Å². The van der Waals surface area contributed by atoms with Gasteiger partial charge in [0.2, 0.25) is 0 Å². The molecule has 5 heteroatoms. The maximum Gasteiger partial charge on any atom is 0.262 e. The van der Waals surface area contributed by atoms with Gasteiger partial charge in [0.1, 0.15) is 0 Å². The molecule has 0 radical (unpaired) electrons. The molecule has 0 spiro atoms. The molecule has 0 aliphatic heterocycles. The quantitative estimate of drug-likeness (QED) is 0.445. The maximum absolute atomic E-state index is 12.6. The third kappa shape index (κ3) is 3.85. The second kappa shape index (κ2) is 7.84. The van der Waals surface area contributed by atoms with E-state index >= 15 is 0 Å². The van der Waals surface area contributed by atoms with Crippen molar-refractivity contribution in [1.82, 2.24) is 9.55 Å². The van der Waals surface area contributed by atoms with Crippen molar-refractivity contribution in [3.8, 4) is 6.07 Å². The van der Waals surface area contributed by atoms with Crippen molar-refractivity contribution >= 4 is 22.7 Å². The van der Waals surface area contributed by atoms with Crippen LogP contribution in [-0.2, 0) is 6.54 Å². The molecule has 21 heavy (non-hydrogen) atoms. The third-order valence-corrected chi connectivity index (χ3v) is 4.29. The zero-order chi connectivity index (χ0) is 15.1. The maximum atomic E-state index is 12.6. The molecule has 0 unspecified atom stereocenters. The van der Waals surface area contributed by atoms with Crippen molar-refractivity contribution < 1.29 is 0 Å². The number of hydrogen-bond acceptors (Lipinski definition) is 4. The highest BCUT2D eigenvalue weighted by Gasteiger charge is 2.10. The van der Waals surface area contributed by atoms with Crippen molar-refractivity contribution in [2.24, 2.45) is 0 Å². The van der Waals surface area contributed by atoms with Crippen LogP contribution >= 0.6 is 11.8 Å². The zero-order valence-electron chi connectivity index (χ0n) is 12.2. The van der Waals surface area contributed by atoms with E-state index in [0.29, 0.717) is 18.4 Å².